The molecule has 0 heterocycles. The van der Waals surface area contributed by atoms with E-state index in [9.17, 15) is 0 Å². The summed E-state index contributed by atoms with van der Waals surface area (Å²) in [6.45, 7) is 3.92. The number of aliphatic imine (C=N–C) groups is 1. The highest BCUT2D eigenvalue weighted by Crippen LogP contribution is 1.79. The van der Waals surface area contributed by atoms with Crippen LogP contribution in [0.5, 0.6) is 0 Å². The lowest BCUT2D eigenvalue weighted by Crippen LogP contribution is -2.28. The zero-order valence-electron chi connectivity index (χ0n) is 6.26. The Bertz CT molecular complexity index is 131. The van der Waals surface area contributed by atoms with Gasteiger partial charge in [-0.3, -0.25) is 10.4 Å². The first kappa shape index (κ1) is 9.36. The standard InChI is InChI=1S/C6H13N3S/c1-3-6(2)9-8-4-7-5-10/h3-4,9-10H,5H2,1-2H3,(H,7,8)/b6-3+. The summed E-state index contributed by atoms with van der Waals surface area (Å²) in [6, 6.07) is 0. The smallest absolute Gasteiger partial charge is 0.102 e. The van der Waals surface area contributed by atoms with Crippen molar-refractivity contribution in [2.75, 3.05) is 5.88 Å². The Labute approximate surface area is 67.0 Å². The molecule has 0 bridgehead atoms. The molecule has 0 aromatic rings. The van der Waals surface area contributed by atoms with E-state index in [1.54, 1.807) is 6.34 Å². The van der Waals surface area contributed by atoms with E-state index in [0.717, 1.165) is 5.70 Å². The lowest BCUT2D eigenvalue weighted by molar-refractivity contribution is 0.774. The predicted molar refractivity (Wildman–Crippen MR) is 48.0 cm³/mol. The molecule has 3 nitrogen and oxygen atoms in total. The van der Waals surface area contributed by atoms with Crippen LogP contribution in [0.3, 0.4) is 0 Å². The first-order valence-electron chi connectivity index (χ1n) is 3.05. The fraction of sp³-hybridized carbons (Fsp3) is 0.500. The normalized spacial score (nSPS) is 12.1. The number of hydrogen-bond acceptors (Lipinski definition) is 3. The van der Waals surface area contributed by atoms with Crippen LogP contribution in [0.2, 0.25) is 0 Å². The number of allylic oxidation sites excluding steroid dienone is 2. The van der Waals surface area contributed by atoms with Gasteiger partial charge in [0.1, 0.15) is 6.34 Å². The molecular weight excluding hydrogens is 146 g/mol. The third-order valence-corrected chi connectivity index (χ3v) is 1.10. The predicted octanol–water partition coefficient (Wildman–Crippen LogP) is 0.920. The minimum absolute atomic E-state index is 0.504. The molecule has 0 aliphatic heterocycles. The van der Waals surface area contributed by atoms with Gasteiger partial charge in [-0.2, -0.15) is 12.6 Å². The molecule has 2 N–H and O–H groups in total. The monoisotopic (exact) mass is 159 g/mol. The second-order valence-corrected chi connectivity index (χ2v) is 1.98. The Morgan fingerprint density at radius 3 is 2.90 bits per heavy atom. The quantitative estimate of drug-likeness (QED) is 0.247. The highest BCUT2D eigenvalue weighted by molar-refractivity contribution is 7.80. The van der Waals surface area contributed by atoms with Crippen LogP contribution in [0.1, 0.15) is 13.8 Å². The molecule has 0 rings (SSSR count). The molecule has 0 saturated heterocycles. The van der Waals surface area contributed by atoms with Crippen LogP contribution >= 0.6 is 12.6 Å². The van der Waals surface area contributed by atoms with Crippen molar-refractivity contribution in [2.45, 2.75) is 13.8 Å². The Kier molecular flexibility index (Phi) is 6.06. The van der Waals surface area contributed by atoms with Gasteiger partial charge in [0.15, 0.2) is 0 Å². The molecule has 4 heteroatoms. The molecule has 10 heavy (non-hydrogen) atoms. The van der Waals surface area contributed by atoms with Gasteiger partial charge in [0.25, 0.3) is 0 Å². The van der Waals surface area contributed by atoms with Crippen LogP contribution < -0.4 is 10.9 Å². The third-order valence-electron chi connectivity index (χ3n) is 0.940. The van der Waals surface area contributed by atoms with E-state index < -0.39 is 0 Å². The molecule has 0 fully saturated rings. The Morgan fingerprint density at radius 1 is 1.70 bits per heavy atom. The average Bonchev–Trinajstić information content (AvgIpc) is 1.98. The number of nitrogens with one attached hydrogen (secondary N) is 2. The largest absolute Gasteiger partial charge is 0.305 e. The van der Waals surface area contributed by atoms with Crippen molar-refractivity contribution in [3.05, 3.63) is 11.8 Å². The summed E-state index contributed by atoms with van der Waals surface area (Å²) in [6.07, 6.45) is 3.53. The molecule has 0 radical (unpaired) electrons. The molecule has 0 unspecified atom stereocenters. The molecule has 0 saturated carbocycles. The maximum atomic E-state index is 3.89. The summed E-state index contributed by atoms with van der Waals surface area (Å²) < 4.78 is 0. The molecule has 0 aromatic heterocycles. The summed E-state index contributed by atoms with van der Waals surface area (Å²) in [4.78, 5) is 3.82. The van der Waals surface area contributed by atoms with Gasteiger partial charge in [-0.15, -0.1) is 0 Å². The van der Waals surface area contributed by atoms with E-state index in [4.69, 9.17) is 0 Å². The topological polar surface area (TPSA) is 36.4 Å². The lowest BCUT2D eigenvalue weighted by Gasteiger charge is -2.02. The summed E-state index contributed by atoms with van der Waals surface area (Å²) in [5.74, 6) is 0.504. The highest BCUT2D eigenvalue weighted by Gasteiger charge is 1.77. The van der Waals surface area contributed by atoms with Crippen molar-refractivity contribution in [2.24, 2.45) is 4.99 Å². The van der Waals surface area contributed by atoms with Crippen molar-refractivity contribution in [3.63, 3.8) is 0 Å². The zero-order valence-corrected chi connectivity index (χ0v) is 7.15. The van der Waals surface area contributed by atoms with E-state index in [1.807, 2.05) is 19.9 Å². The van der Waals surface area contributed by atoms with Crippen LogP contribution in [0, 0.1) is 0 Å². The number of rotatable bonds is 4. The van der Waals surface area contributed by atoms with Crippen LogP contribution in [0.4, 0.5) is 0 Å². The van der Waals surface area contributed by atoms with E-state index in [-0.39, 0.29) is 0 Å². The van der Waals surface area contributed by atoms with Crippen LogP contribution in [-0.4, -0.2) is 12.2 Å². The fourth-order valence-electron chi connectivity index (χ4n) is 0.305. The van der Waals surface area contributed by atoms with Crippen molar-refractivity contribution in [3.8, 4) is 0 Å². The fourth-order valence-corrected chi connectivity index (χ4v) is 0.386. The second kappa shape index (κ2) is 6.48. The lowest BCUT2D eigenvalue weighted by atomic mass is 10.5. The Morgan fingerprint density at radius 2 is 2.40 bits per heavy atom. The SMILES string of the molecule is C/C=C(\C)NNC=NCS. The zero-order chi connectivity index (χ0) is 7.82. The molecule has 0 atom stereocenters. The summed E-state index contributed by atoms with van der Waals surface area (Å²) in [5, 5.41) is 0. The summed E-state index contributed by atoms with van der Waals surface area (Å²) >= 11 is 3.89. The third kappa shape index (κ3) is 5.50. The summed E-state index contributed by atoms with van der Waals surface area (Å²) in [7, 11) is 0. The number of hydrogen-bond donors (Lipinski definition) is 3. The number of nitrogens with zero attached hydrogens (tertiary/aromatic N) is 1. The highest BCUT2D eigenvalue weighted by atomic mass is 32.1. The maximum Gasteiger partial charge on any atom is 0.102 e. The van der Waals surface area contributed by atoms with Gasteiger partial charge in [-0.05, 0) is 13.8 Å². The average molecular weight is 159 g/mol. The van der Waals surface area contributed by atoms with Crippen molar-refractivity contribution < 1.29 is 0 Å². The molecule has 0 aliphatic carbocycles. The van der Waals surface area contributed by atoms with Gasteiger partial charge in [-0.1, -0.05) is 6.08 Å². The van der Waals surface area contributed by atoms with Crippen molar-refractivity contribution in [1.82, 2.24) is 10.9 Å². The van der Waals surface area contributed by atoms with Gasteiger partial charge < -0.3 is 5.43 Å². The van der Waals surface area contributed by atoms with Gasteiger partial charge >= 0.3 is 0 Å². The van der Waals surface area contributed by atoms with Crippen LogP contribution in [0.15, 0.2) is 16.8 Å². The van der Waals surface area contributed by atoms with E-state index in [2.05, 4.69) is 28.5 Å². The molecule has 0 aliphatic rings. The molecule has 0 aromatic carbocycles. The van der Waals surface area contributed by atoms with Crippen LogP contribution in [-0.2, 0) is 0 Å². The van der Waals surface area contributed by atoms with E-state index in [0.29, 0.717) is 5.88 Å². The minimum atomic E-state index is 0.504. The molecular formula is C6H13N3S. The van der Waals surface area contributed by atoms with Gasteiger partial charge in [-0.25, -0.2) is 0 Å². The Hall–Kier alpha value is -0.640. The van der Waals surface area contributed by atoms with E-state index >= 15 is 0 Å². The molecule has 0 spiro atoms. The van der Waals surface area contributed by atoms with Gasteiger partial charge in [0.2, 0.25) is 0 Å². The minimum Gasteiger partial charge on any atom is -0.305 e. The van der Waals surface area contributed by atoms with E-state index in [1.165, 1.54) is 0 Å². The number of hydrazine groups is 1. The first-order chi connectivity index (χ1) is 4.81. The summed E-state index contributed by atoms with van der Waals surface area (Å²) in [5.41, 5.74) is 6.73. The van der Waals surface area contributed by atoms with Crippen LogP contribution in [0.25, 0.3) is 0 Å². The van der Waals surface area contributed by atoms with Crippen molar-refractivity contribution in [1.29, 1.82) is 0 Å². The molecule has 58 valence electrons. The maximum absolute atomic E-state index is 3.89. The number of thiol groups is 1. The van der Waals surface area contributed by atoms with Gasteiger partial charge in [0, 0.05) is 5.70 Å². The van der Waals surface area contributed by atoms with Crippen molar-refractivity contribution >= 4 is 19.0 Å². The van der Waals surface area contributed by atoms with Gasteiger partial charge in [0.05, 0.1) is 5.88 Å². The Balaban J connectivity index is 3.28. The second-order valence-electron chi connectivity index (χ2n) is 1.69. The molecule has 0 amide bonds. The first-order valence-corrected chi connectivity index (χ1v) is 3.68.